The maximum atomic E-state index is 11.1. The number of benzene rings is 2. The number of anilines is 1. The lowest BCUT2D eigenvalue weighted by atomic mass is 9.78. The van der Waals surface area contributed by atoms with Crippen molar-refractivity contribution in [3.8, 4) is 11.5 Å². The van der Waals surface area contributed by atoms with Crippen molar-refractivity contribution in [2.24, 2.45) is 0 Å². The van der Waals surface area contributed by atoms with Gasteiger partial charge < -0.3 is 24.2 Å². The summed E-state index contributed by atoms with van der Waals surface area (Å²) in [5.41, 5.74) is 8.81. The molecule has 6 heterocycles. The number of carbonyl (C=O) groups is 1. The molecule has 3 aromatic rings. The third-order valence-electron chi connectivity index (χ3n) is 9.83. The van der Waals surface area contributed by atoms with Crippen molar-refractivity contribution in [3.63, 3.8) is 0 Å². The predicted molar refractivity (Wildman–Crippen MR) is 159 cm³/mol. The number of aryl methyl sites for hydroxylation is 2. The van der Waals surface area contributed by atoms with Crippen molar-refractivity contribution in [1.29, 1.82) is 0 Å². The molecule has 0 spiro atoms. The first kappa shape index (κ1) is 25.9. The molecule has 1 N–H and O–H groups in total. The monoisotopic (exact) mass is 568 g/mol. The molecule has 0 fully saturated rings. The first-order chi connectivity index (χ1) is 20.4. The summed E-state index contributed by atoms with van der Waals surface area (Å²) in [4.78, 5) is 13.6. The molecule has 2 unspecified atom stereocenters. The van der Waals surface area contributed by atoms with Gasteiger partial charge in [0.1, 0.15) is 13.2 Å². The summed E-state index contributed by atoms with van der Waals surface area (Å²) < 4.78 is 23.8. The van der Waals surface area contributed by atoms with Crippen molar-refractivity contribution in [1.82, 2.24) is 4.57 Å². The van der Waals surface area contributed by atoms with Crippen LogP contribution < -0.4 is 18.9 Å². The van der Waals surface area contributed by atoms with Gasteiger partial charge in [-0.25, -0.2) is 9.13 Å². The number of rotatable bonds is 6. The molecule has 8 rings (SSSR count). The van der Waals surface area contributed by atoms with Gasteiger partial charge in [0.25, 0.3) is 5.82 Å². The summed E-state index contributed by atoms with van der Waals surface area (Å²) >= 11 is 0. The summed E-state index contributed by atoms with van der Waals surface area (Å²) in [7, 11) is 0. The standard InChI is InChI=1S/C34H37N3O5/c1-34(2)23-8-5-6-9-24(23)35-14-11-27-21(32(34)35)18-22-28(42-27)12-15-37-26-20-30-29(40-16-17-41-30)19-25(26)36(33(22)37)13-7-3-4-10-31(38)39/h5-6,8-9,18-20,27-28H,3-4,7,10-17H2,1-2H3/p+1. The van der Waals surface area contributed by atoms with Gasteiger partial charge >= 0.3 is 5.97 Å². The topological polar surface area (TPSA) is 77.0 Å². The van der Waals surface area contributed by atoms with Crippen LogP contribution in [-0.2, 0) is 28.0 Å². The molecule has 5 aliphatic heterocycles. The van der Waals surface area contributed by atoms with Crippen LogP contribution >= 0.6 is 0 Å². The number of nitrogens with zero attached hydrogens (tertiary/aromatic N) is 3. The van der Waals surface area contributed by atoms with Crippen LogP contribution in [0.4, 0.5) is 5.69 Å². The summed E-state index contributed by atoms with van der Waals surface area (Å²) in [6.07, 6.45) is 7.21. The number of carboxylic acids is 1. The van der Waals surface area contributed by atoms with E-state index in [0.717, 1.165) is 67.8 Å². The van der Waals surface area contributed by atoms with Gasteiger partial charge in [0.2, 0.25) is 0 Å². The van der Waals surface area contributed by atoms with Gasteiger partial charge in [-0.05, 0) is 43.4 Å². The van der Waals surface area contributed by atoms with E-state index in [1.54, 1.807) is 0 Å². The molecular weight excluding hydrogens is 530 g/mol. The zero-order valence-corrected chi connectivity index (χ0v) is 24.4. The molecule has 0 radical (unpaired) electrons. The molecule has 0 bridgehead atoms. The van der Waals surface area contributed by atoms with E-state index in [9.17, 15) is 4.79 Å². The van der Waals surface area contributed by atoms with Gasteiger partial charge in [-0.15, -0.1) is 0 Å². The largest absolute Gasteiger partial charge is 0.486 e. The maximum Gasteiger partial charge on any atom is 0.303 e. The molecule has 0 amide bonds. The van der Waals surface area contributed by atoms with Crippen molar-refractivity contribution in [3.05, 3.63) is 65.1 Å². The number of fused-ring (bicyclic) bond motifs is 10. The highest BCUT2D eigenvalue weighted by atomic mass is 16.6. The molecule has 2 atom stereocenters. The summed E-state index contributed by atoms with van der Waals surface area (Å²) in [6, 6.07) is 13.1. The Hall–Kier alpha value is -3.78. The second kappa shape index (κ2) is 9.63. The van der Waals surface area contributed by atoms with Crippen LogP contribution in [0.15, 0.2) is 53.7 Å². The van der Waals surface area contributed by atoms with Gasteiger partial charge in [0, 0.05) is 53.9 Å². The number of unbranched alkanes of at least 4 members (excludes halogenated alkanes) is 2. The van der Waals surface area contributed by atoms with Crippen LogP contribution in [0.5, 0.6) is 11.5 Å². The van der Waals surface area contributed by atoms with E-state index in [1.807, 2.05) is 0 Å². The molecule has 8 nitrogen and oxygen atoms in total. The molecule has 0 saturated heterocycles. The quantitative estimate of drug-likeness (QED) is 0.319. The Balaban J connectivity index is 1.28. The number of imidazole rings is 1. The van der Waals surface area contributed by atoms with Gasteiger partial charge in [0.05, 0.1) is 30.9 Å². The zero-order chi connectivity index (χ0) is 28.6. The highest BCUT2D eigenvalue weighted by molar-refractivity contribution is 5.82. The third-order valence-corrected chi connectivity index (χ3v) is 9.83. The fraction of sp³-hybridized carbons (Fsp3) is 0.471. The highest BCUT2D eigenvalue weighted by Crippen LogP contribution is 2.53. The lowest BCUT2D eigenvalue weighted by Crippen LogP contribution is -2.49. The van der Waals surface area contributed by atoms with Crippen molar-refractivity contribution in [2.75, 3.05) is 24.7 Å². The molecule has 0 aliphatic carbocycles. The average Bonchev–Trinajstić information content (AvgIpc) is 3.43. The number of hydrogen-bond acceptors (Lipinski definition) is 5. The molecular formula is C34H38N3O5+. The molecule has 8 heteroatoms. The minimum Gasteiger partial charge on any atom is -0.486 e. The van der Waals surface area contributed by atoms with Crippen molar-refractivity contribution in [2.45, 2.75) is 83.1 Å². The highest BCUT2D eigenvalue weighted by Gasteiger charge is 2.48. The Bertz CT molecular complexity index is 1680. The SMILES string of the molecule is CC1(C)C2=C3C=C4c5n(CCCCCC(=O)O)c6cc7c(cc6[n+]5CCC4OC3CCN2c2ccccc21)OCCO7. The van der Waals surface area contributed by atoms with Gasteiger partial charge in [-0.1, -0.05) is 32.0 Å². The van der Waals surface area contributed by atoms with Crippen LogP contribution in [0.2, 0.25) is 0 Å². The molecule has 218 valence electrons. The smallest absolute Gasteiger partial charge is 0.303 e. The Kier molecular flexibility index (Phi) is 5.93. The van der Waals surface area contributed by atoms with Crippen LogP contribution in [0, 0.1) is 0 Å². The molecule has 2 aromatic carbocycles. The Morgan fingerprint density at radius 2 is 1.86 bits per heavy atom. The number of carboxylic acid groups (broad SMARTS) is 1. The van der Waals surface area contributed by atoms with E-state index in [4.69, 9.17) is 19.3 Å². The Morgan fingerprint density at radius 1 is 1.05 bits per heavy atom. The first-order valence-electron chi connectivity index (χ1n) is 15.5. The van der Waals surface area contributed by atoms with Gasteiger partial charge in [0.15, 0.2) is 22.5 Å². The van der Waals surface area contributed by atoms with Crippen LogP contribution in [0.1, 0.15) is 63.8 Å². The van der Waals surface area contributed by atoms with Gasteiger partial charge in [-0.3, -0.25) is 4.79 Å². The van der Waals surface area contributed by atoms with E-state index in [1.165, 1.54) is 33.9 Å². The van der Waals surface area contributed by atoms with Crippen molar-refractivity contribution < 1.29 is 28.7 Å². The Morgan fingerprint density at radius 3 is 2.69 bits per heavy atom. The Labute approximate surface area is 245 Å². The maximum absolute atomic E-state index is 11.1. The fourth-order valence-corrected chi connectivity index (χ4v) is 8.00. The van der Waals surface area contributed by atoms with E-state index in [2.05, 4.69) is 70.4 Å². The van der Waals surface area contributed by atoms with Crippen molar-refractivity contribution >= 4 is 28.3 Å². The lowest BCUT2D eigenvalue weighted by Gasteiger charge is -2.42. The molecule has 1 aromatic heterocycles. The van der Waals surface area contributed by atoms with E-state index >= 15 is 0 Å². The normalized spacial score (nSPS) is 23.1. The summed E-state index contributed by atoms with van der Waals surface area (Å²) in [5.74, 6) is 2.06. The fourth-order valence-electron chi connectivity index (χ4n) is 8.00. The molecule has 42 heavy (non-hydrogen) atoms. The molecule has 0 saturated carbocycles. The lowest BCUT2D eigenvalue weighted by molar-refractivity contribution is -0.679. The van der Waals surface area contributed by atoms with Crippen LogP contribution in [-0.4, -0.2) is 47.6 Å². The number of para-hydroxylation sites is 1. The summed E-state index contributed by atoms with van der Waals surface area (Å²) in [5, 5.41) is 9.13. The second-order valence-electron chi connectivity index (χ2n) is 12.7. The minimum atomic E-state index is -0.729. The second-order valence-corrected chi connectivity index (χ2v) is 12.7. The third kappa shape index (κ3) is 3.84. The van der Waals surface area contributed by atoms with E-state index < -0.39 is 5.97 Å². The molecule has 5 aliphatic rings. The zero-order valence-electron chi connectivity index (χ0n) is 24.4. The number of allylic oxidation sites excluding steroid dienone is 1. The minimum absolute atomic E-state index is 0.0509. The number of aromatic nitrogens is 2. The first-order valence-corrected chi connectivity index (χ1v) is 15.5. The van der Waals surface area contributed by atoms with Crippen LogP contribution in [0.25, 0.3) is 16.6 Å². The van der Waals surface area contributed by atoms with E-state index in [-0.39, 0.29) is 24.0 Å². The average molecular weight is 569 g/mol. The van der Waals surface area contributed by atoms with Crippen LogP contribution in [0.3, 0.4) is 0 Å². The van der Waals surface area contributed by atoms with Gasteiger partial charge in [-0.2, -0.15) is 0 Å². The number of aliphatic carboxylic acids is 1. The summed E-state index contributed by atoms with van der Waals surface area (Å²) in [6.45, 7) is 8.46. The van der Waals surface area contributed by atoms with E-state index in [0.29, 0.717) is 19.6 Å². The predicted octanol–water partition coefficient (Wildman–Crippen LogP) is 5.36. The number of hydrogen-bond donors (Lipinski definition) is 1. The number of ether oxygens (including phenoxy) is 3.